The first-order valence-electron chi connectivity index (χ1n) is 9.41. The molecule has 2 N–H and O–H groups in total. The van der Waals surface area contributed by atoms with E-state index < -0.39 is 0 Å². The lowest BCUT2D eigenvalue weighted by Crippen LogP contribution is -2.39. The minimum Gasteiger partial charge on any atom is -0.355 e. The zero-order valence-corrected chi connectivity index (χ0v) is 16.2. The lowest BCUT2D eigenvalue weighted by atomic mass is 10.2. The van der Waals surface area contributed by atoms with Crippen LogP contribution >= 0.6 is 0 Å². The van der Waals surface area contributed by atoms with E-state index in [2.05, 4.69) is 10.6 Å². The molecule has 0 radical (unpaired) electrons. The Bertz CT molecular complexity index is 901. The molecule has 1 aliphatic rings. The average molecular weight is 398 g/mol. The molecule has 3 rings (SSSR count). The van der Waals surface area contributed by atoms with Gasteiger partial charge in [0.2, 0.25) is 0 Å². The van der Waals surface area contributed by atoms with Crippen molar-refractivity contribution >= 4 is 23.5 Å². The van der Waals surface area contributed by atoms with Gasteiger partial charge in [-0.1, -0.05) is 6.07 Å². The van der Waals surface area contributed by atoms with Gasteiger partial charge in [0, 0.05) is 50.0 Å². The minimum atomic E-state index is -0.388. The quantitative estimate of drug-likeness (QED) is 0.834. The highest BCUT2D eigenvalue weighted by Gasteiger charge is 2.23. The van der Waals surface area contributed by atoms with Crippen LogP contribution in [0, 0.1) is 5.82 Å². The van der Waals surface area contributed by atoms with Gasteiger partial charge < -0.3 is 20.4 Å². The Morgan fingerprint density at radius 3 is 2.31 bits per heavy atom. The highest BCUT2D eigenvalue weighted by molar-refractivity contribution is 5.97. The summed E-state index contributed by atoms with van der Waals surface area (Å²) in [6, 6.07) is 11.9. The SMILES string of the molecule is CNC(=O)c1cccc(NC(=O)N2CCCN(C(=O)c3ccc(F)cc3)CC2)c1. The molecule has 1 fully saturated rings. The standard InChI is InChI=1S/C21H23FN4O3/c1-23-19(27)16-4-2-5-18(14-16)24-21(29)26-11-3-10-25(12-13-26)20(28)15-6-8-17(22)9-7-15/h2,4-9,14H,3,10-13H2,1H3,(H,23,27)(H,24,29). The van der Waals surface area contributed by atoms with Crippen molar-refractivity contribution in [2.24, 2.45) is 0 Å². The predicted octanol–water partition coefficient (Wildman–Crippen LogP) is 2.57. The van der Waals surface area contributed by atoms with Crippen LogP contribution in [0.3, 0.4) is 0 Å². The number of nitrogens with one attached hydrogen (secondary N) is 2. The number of anilines is 1. The molecular weight excluding hydrogens is 375 g/mol. The number of hydrogen-bond donors (Lipinski definition) is 2. The van der Waals surface area contributed by atoms with Gasteiger partial charge in [-0.2, -0.15) is 0 Å². The second-order valence-electron chi connectivity index (χ2n) is 6.73. The molecule has 0 spiro atoms. The number of nitrogens with zero attached hydrogens (tertiary/aromatic N) is 2. The third kappa shape index (κ3) is 5.10. The van der Waals surface area contributed by atoms with Crippen molar-refractivity contribution in [1.29, 1.82) is 0 Å². The van der Waals surface area contributed by atoms with Crippen LogP contribution in [0.5, 0.6) is 0 Å². The number of rotatable bonds is 3. The Hall–Kier alpha value is -3.42. The zero-order chi connectivity index (χ0) is 20.8. The smallest absolute Gasteiger partial charge is 0.321 e. The molecule has 1 saturated heterocycles. The molecule has 2 aromatic rings. The summed E-state index contributed by atoms with van der Waals surface area (Å²) in [5, 5.41) is 5.35. The van der Waals surface area contributed by atoms with Gasteiger partial charge in [0.25, 0.3) is 11.8 Å². The second-order valence-corrected chi connectivity index (χ2v) is 6.73. The molecule has 0 bridgehead atoms. The van der Waals surface area contributed by atoms with Crippen molar-refractivity contribution in [3.8, 4) is 0 Å². The van der Waals surface area contributed by atoms with Crippen LogP contribution in [0.1, 0.15) is 27.1 Å². The van der Waals surface area contributed by atoms with E-state index in [9.17, 15) is 18.8 Å². The van der Waals surface area contributed by atoms with E-state index in [0.29, 0.717) is 49.4 Å². The van der Waals surface area contributed by atoms with Gasteiger partial charge in [0.15, 0.2) is 0 Å². The maximum atomic E-state index is 13.1. The number of amides is 4. The monoisotopic (exact) mass is 398 g/mol. The highest BCUT2D eigenvalue weighted by Crippen LogP contribution is 2.14. The summed E-state index contributed by atoms with van der Waals surface area (Å²) in [5.41, 5.74) is 1.41. The molecule has 0 saturated carbocycles. The Labute approximate surface area is 168 Å². The first-order chi connectivity index (χ1) is 14.0. The van der Waals surface area contributed by atoms with Crippen LogP contribution in [0.4, 0.5) is 14.9 Å². The molecule has 7 nitrogen and oxygen atoms in total. The van der Waals surface area contributed by atoms with Crippen molar-refractivity contribution in [3.05, 3.63) is 65.5 Å². The molecule has 0 atom stereocenters. The topological polar surface area (TPSA) is 81.8 Å². The molecule has 0 unspecified atom stereocenters. The van der Waals surface area contributed by atoms with Crippen LogP contribution in [-0.2, 0) is 0 Å². The van der Waals surface area contributed by atoms with Gasteiger partial charge >= 0.3 is 6.03 Å². The van der Waals surface area contributed by atoms with Crippen LogP contribution < -0.4 is 10.6 Å². The molecule has 1 aliphatic heterocycles. The molecule has 0 aromatic heterocycles. The fourth-order valence-corrected chi connectivity index (χ4v) is 3.18. The van der Waals surface area contributed by atoms with Gasteiger partial charge in [-0.25, -0.2) is 9.18 Å². The Morgan fingerprint density at radius 1 is 0.897 bits per heavy atom. The zero-order valence-electron chi connectivity index (χ0n) is 16.2. The second kappa shape index (κ2) is 9.18. The average Bonchev–Trinajstić information content (AvgIpc) is 3.00. The lowest BCUT2D eigenvalue weighted by Gasteiger charge is -2.22. The van der Waals surface area contributed by atoms with Gasteiger partial charge in [0.1, 0.15) is 5.82 Å². The first kappa shape index (κ1) is 20.3. The van der Waals surface area contributed by atoms with E-state index in [1.165, 1.54) is 24.3 Å². The minimum absolute atomic E-state index is 0.175. The molecule has 152 valence electrons. The van der Waals surface area contributed by atoms with Crippen molar-refractivity contribution in [3.63, 3.8) is 0 Å². The summed E-state index contributed by atoms with van der Waals surface area (Å²) in [5.74, 6) is -0.794. The van der Waals surface area contributed by atoms with Crippen LogP contribution in [0.15, 0.2) is 48.5 Å². The Balaban J connectivity index is 1.60. The van der Waals surface area contributed by atoms with Gasteiger partial charge in [-0.05, 0) is 48.9 Å². The molecule has 4 amide bonds. The van der Waals surface area contributed by atoms with Crippen LogP contribution in [0.2, 0.25) is 0 Å². The maximum absolute atomic E-state index is 13.1. The highest BCUT2D eigenvalue weighted by atomic mass is 19.1. The van der Waals surface area contributed by atoms with Crippen molar-refractivity contribution in [1.82, 2.24) is 15.1 Å². The fourth-order valence-electron chi connectivity index (χ4n) is 3.18. The molecule has 8 heteroatoms. The number of urea groups is 1. The van der Waals surface area contributed by atoms with E-state index in [0.717, 1.165) is 0 Å². The normalized spacial score (nSPS) is 14.1. The van der Waals surface area contributed by atoms with Gasteiger partial charge in [-0.15, -0.1) is 0 Å². The molecule has 2 aromatic carbocycles. The Morgan fingerprint density at radius 2 is 1.59 bits per heavy atom. The summed E-state index contributed by atoms with van der Waals surface area (Å²) in [6.07, 6.45) is 0.638. The number of carbonyl (C=O) groups is 3. The van der Waals surface area contributed by atoms with Gasteiger partial charge in [-0.3, -0.25) is 9.59 Å². The van der Waals surface area contributed by atoms with Crippen LogP contribution in [-0.4, -0.2) is 60.9 Å². The largest absolute Gasteiger partial charge is 0.355 e. The summed E-state index contributed by atoms with van der Waals surface area (Å²) in [6.45, 7) is 1.80. The predicted molar refractivity (Wildman–Crippen MR) is 107 cm³/mol. The molecule has 29 heavy (non-hydrogen) atoms. The van der Waals surface area contributed by atoms with Crippen LogP contribution in [0.25, 0.3) is 0 Å². The first-order valence-corrected chi connectivity index (χ1v) is 9.41. The number of benzene rings is 2. The summed E-state index contributed by atoms with van der Waals surface area (Å²) >= 11 is 0. The number of carbonyl (C=O) groups excluding carboxylic acids is 3. The van der Waals surface area contributed by atoms with Crippen molar-refractivity contribution < 1.29 is 18.8 Å². The molecule has 0 aliphatic carbocycles. The third-order valence-corrected chi connectivity index (χ3v) is 4.76. The van der Waals surface area contributed by atoms with E-state index >= 15 is 0 Å². The number of halogens is 1. The summed E-state index contributed by atoms with van der Waals surface area (Å²) in [4.78, 5) is 40.3. The van der Waals surface area contributed by atoms with E-state index in [1.54, 1.807) is 41.1 Å². The van der Waals surface area contributed by atoms with E-state index in [1.807, 2.05) is 0 Å². The van der Waals surface area contributed by atoms with E-state index in [4.69, 9.17) is 0 Å². The summed E-state index contributed by atoms with van der Waals surface area (Å²) in [7, 11) is 1.55. The van der Waals surface area contributed by atoms with Gasteiger partial charge in [0.05, 0.1) is 0 Å². The molecule has 1 heterocycles. The van der Waals surface area contributed by atoms with Crippen molar-refractivity contribution in [2.75, 3.05) is 38.5 Å². The lowest BCUT2D eigenvalue weighted by molar-refractivity contribution is 0.0762. The molecular formula is C21H23FN4O3. The van der Waals surface area contributed by atoms with E-state index in [-0.39, 0.29) is 23.7 Å². The third-order valence-electron chi connectivity index (χ3n) is 4.76. The summed E-state index contributed by atoms with van der Waals surface area (Å²) < 4.78 is 13.1. The maximum Gasteiger partial charge on any atom is 0.321 e. The fraction of sp³-hybridized carbons (Fsp3) is 0.286. The number of hydrogen-bond acceptors (Lipinski definition) is 3. The Kier molecular flexibility index (Phi) is 6.43. The van der Waals surface area contributed by atoms with Crippen molar-refractivity contribution in [2.45, 2.75) is 6.42 Å².